The molecule has 0 aliphatic carbocycles. The summed E-state index contributed by atoms with van der Waals surface area (Å²) >= 11 is 3.50. The van der Waals surface area contributed by atoms with E-state index in [0.717, 1.165) is 43.7 Å². The van der Waals surface area contributed by atoms with Gasteiger partial charge in [0.2, 0.25) is 0 Å². The van der Waals surface area contributed by atoms with Gasteiger partial charge in [0, 0.05) is 22.1 Å². The third-order valence-corrected chi connectivity index (χ3v) is 5.09. The van der Waals surface area contributed by atoms with Crippen molar-refractivity contribution in [3.8, 4) is 33.6 Å². The minimum absolute atomic E-state index is 0.552. The molecule has 0 spiro atoms. The summed E-state index contributed by atoms with van der Waals surface area (Å²) in [6.45, 7) is 0.552. The van der Waals surface area contributed by atoms with E-state index in [2.05, 4.69) is 76.6 Å². The van der Waals surface area contributed by atoms with Gasteiger partial charge in [-0.15, -0.1) is 0 Å². The Morgan fingerprint density at radius 1 is 0.630 bits per heavy atom. The summed E-state index contributed by atoms with van der Waals surface area (Å²) in [6.07, 6.45) is 0. The van der Waals surface area contributed by atoms with E-state index in [1.54, 1.807) is 0 Å². The van der Waals surface area contributed by atoms with E-state index in [1.165, 1.54) is 0 Å². The predicted octanol–water partition coefficient (Wildman–Crippen LogP) is 6.30. The first-order valence-electron chi connectivity index (χ1n) is 8.86. The van der Waals surface area contributed by atoms with E-state index in [0.29, 0.717) is 6.54 Å². The van der Waals surface area contributed by atoms with E-state index in [9.17, 15) is 0 Å². The number of benzene rings is 3. The molecule has 2 N–H and O–H groups in total. The van der Waals surface area contributed by atoms with Gasteiger partial charge in [0.05, 0.1) is 11.4 Å². The smallest absolute Gasteiger partial charge is 0.0715 e. The maximum atomic E-state index is 5.74. The molecule has 3 aromatic carbocycles. The lowest BCUT2D eigenvalue weighted by molar-refractivity contribution is 1.07. The molecule has 27 heavy (non-hydrogen) atoms. The van der Waals surface area contributed by atoms with Crippen LogP contribution in [0.3, 0.4) is 0 Å². The molecule has 0 atom stereocenters. The topological polar surface area (TPSA) is 38.9 Å². The average molecular weight is 415 g/mol. The van der Waals surface area contributed by atoms with Crippen molar-refractivity contribution < 1.29 is 0 Å². The van der Waals surface area contributed by atoms with Gasteiger partial charge in [-0.25, -0.2) is 4.98 Å². The molecule has 0 saturated carbocycles. The number of hydrogen-bond donors (Lipinski definition) is 1. The number of rotatable bonds is 4. The lowest BCUT2D eigenvalue weighted by atomic mass is 9.99. The zero-order chi connectivity index (χ0) is 18.6. The van der Waals surface area contributed by atoms with Gasteiger partial charge >= 0.3 is 0 Å². The molecular formula is C24H19BrN2. The van der Waals surface area contributed by atoms with Gasteiger partial charge < -0.3 is 5.73 Å². The fourth-order valence-electron chi connectivity index (χ4n) is 3.06. The van der Waals surface area contributed by atoms with Crippen LogP contribution in [-0.2, 0) is 6.54 Å². The summed E-state index contributed by atoms with van der Waals surface area (Å²) in [5, 5.41) is 0. The van der Waals surface area contributed by atoms with Gasteiger partial charge in [0.1, 0.15) is 0 Å². The first kappa shape index (κ1) is 17.7. The summed E-state index contributed by atoms with van der Waals surface area (Å²) in [4.78, 5) is 4.93. The first-order chi connectivity index (χ1) is 13.2. The standard InChI is InChI=1S/C24H19BrN2/c25-22-12-10-20(11-13-22)24-15-21(18-8-6-17(16-26)7-9-18)14-23(27-24)19-4-2-1-3-5-19/h1-15H,16,26H2. The Labute approximate surface area is 167 Å². The summed E-state index contributed by atoms with van der Waals surface area (Å²) in [5.74, 6) is 0. The maximum Gasteiger partial charge on any atom is 0.0715 e. The second-order valence-corrected chi connectivity index (χ2v) is 7.32. The van der Waals surface area contributed by atoms with Crippen molar-refractivity contribution in [1.82, 2.24) is 4.98 Å². The molecule has 1 heterocycles. The minimum atomic E-state index is 0.552. The third kappa shape index (κ3) is 4.00. The van der Waals surface area contributed by atoms with Crippen LogP contribution < -0.4 is 5.73 Å². The van der Waals surface area contributed by atoms with Crippen molar-refractivity contribution in [2.45, 2.75) is 6.54 Å². The third-order valence-electron chi connectivity index (χ3n) is 4.56. The fraction of sp³-hybridized carbons (Fsp3) is 0.0417. The number of nitrogens with zero attached hydrogens (tertiary/aromatic N) is 1. The van der Waals surface area contributed by atoms with Crippen molar-refractivity contribution in [1.29, 1.82) is 0 Å². The van der Waals surface area contributed by atoms with Crippen LogP contribution in [0.25, 0.3) is 33.6 Å². The Kier molecular flexibility index (Phi) is 5.14. The maximum absolute atomic E-state index is 5.74. The zero-order valence-corrected chi connectivity index (χ0v) is 16.4. The molecule has 0 radical (unpaired) electrons. The SMILES string of the molecule is NCc1ccc(-c2cc(-c3ccccc3)nc(-c3ccc(Br)cc3)c2)cc1. The molecule has 0 amide bonds. The number of pyridine rings is 1. The number of nitrogens with two attached hydrogens (primary N) is 1. The highest BCUT2D eigenvalue weighted by Gasteiger charge is 2.09. The van der Waals surface area contributed by atoms with E-state index >= 15 is 0 Å². The molecular weight excluding hydrogens is 396 g/mol. The van der Waals surface area contributed by atoms with Gasteiger partial charge in [-0.1, -0.05) is 82.7 Å². The van der Waals surface area contributed by atoms with E-state index < -0.39 is 0 Å². The lowest BCUT2D eigenvalue weighted by Crippen LogP contribution is -1.95. The average Bonchev–Trinajstić information content (AvgIpc) is 2.74. The molecule has 132 valence electrons. The highest BCUT2D eigenvalue weighted by atomic mass is 79.9. The van der Waals surface area contributed by atoms with Crippen LogP contribution >= 0.6 is 15.9 Å². The fourth-order valence-corrected chi connectivity index (χ4v) is 3.32. The van der Waals surface area contributed by atoms with E-state index in [4.69, 9.17) is 10.7 Å². The second-order valence-electron chi connectivity index (χ2n) is 6.40. The van der Waals surface area contributed by atoms with Crippen LogP contribution in [-0.4, -0.2) is 4.98 Å². The van der Waals surface area contributed by atoms with Gasteiger partial charge in [0.15, 0.2) is 0 Å². The van der Waals surface area contributed by atoms with Crippen molar-refractivity contribution in [3.63, 3.8) is 0 Å². The van der Waals surface area contributed by atoms with Crippen molar-refractivity contribution >= 4 is 15.9 Å². The van der Waals surface area contributed by atoms with Crippen LogP contribution in [0.1, 0.15) is 5.56 Å². The van der Waals surface area contributed by atoms with Crippen molar-refractivity contribution in [3.05, 3.63) is 101 Å². The summed E-state index contributed by atoms with van der Waals surface area (Å²) < 4.78 is 1.06. The van der Waals surface area contributed by atoms with Gasteiger partial charge in [-0.05, 0) is 41.0 Å². The van der Waals surface area contributed by atoms with Crippen LogP contribution in [0.5, 0.6) is 0 Å². The van der Waals surface area contributed by atoms with Crippen molar-refractivity contribution in [2.24, 2.45) is 5.73 Å². The molecule has 0 saturated heterocycles. The predicted molar refractivity (Wildman–Crippen MR) is 116 cm³/mol. The Hall–Kier alpha value is -2.75. The van der Waals surface area contributed by atoms with Crippen molar-refractivity contribution in [2.75, 3.05) is 0 Å². The largest absolute Gasteiger partial charge is 0.326 e. The van der Waals surface area contributed by atoms with E-state index in [1.807, 2.05) is 30.3 Å². The quantitative estimate of drug-likeness (QED) is 0.425. The molecule has 2 nitrogen and oxygen atoms in total. The molecule has 0 bridgehead atoms. The zero-order valence-electron chi connectivity index (χ0n) is 14.8. The highest BCUT2D eigenvalue weighted by molar-refractivity contribution is 9.10. The number of halogens is 1. The summed E-state index contributed by atoms with van der Waals surface area (Å²) in [5.41, 5.74) is 13.3. The molecule has 4 rings (SSSR count). The van der Waals surface area contributed by atoms with Crippen LogP contribution in [0.4, 0.5) is 0 Å². The van der Waals surface area contributed by atoms with Gasteiger partial charge in [-0.2, -0.15) is 0 Å². The molecule has 0 fully saturated rings. The molecule has 3 heteroatoms. The summed E-state index contributed by atoms with van der Waals surface area (Å²) in [7, 11) is 0. The second kappa shape index (κ2) is 7.87. The minimum Gasteiger partial charge on any atom is -0.326 e. The molecule has 0 aliphatic heterocycles. The molecule has 0 aliphatic rings. The van der Waals surface area contributed by atoms with Gasteiger partial charge in [0.25, 0.3) is 0 Å². The Balaban J connectivity index is 1.87. The molecule has 1 aromatic heterocycles. The number of hydrogen-bond acceptors (Lipinski definition) is 2. The molecule has 4 aromatic rings. The first-order valence-corrected chi connectivity index (χ1v) is 9.65. The molecule has 0 unspecified atom stereocenters. The Morgan fingerprint density at radius 2 is 1.19 bits per heavy atom. The van der Waals surface area contributed by atoms with Crippen LogP contribution in [0, 0.1) is 0 Å². The Morgan fingerprint density at radius 3 is 1.78 bits per heavy atom. The monoisotopic (exact) mass is 414 g/mol. The van der Waals surface area contributed by atoms with Crippen LogP contribution in [0.15, 0.2) is 95.5 Å². The normalized spacial score (nSPS) is 10.7. The van der Waals surface area contributed by atoms with E-state index in [-0.39, 0.29) is 0 Å². The highest BCUT2D eigenvalue weighted by Crippen LogP contribution is 2.30. The van der Waals surface area contributed by atoms with Crippen LogP contribution in [0.2, 0.25) is 0 Å². The number of aromatic nitrogens is 1. The van der Waals surface area contributed by atoms with Gasteiger partial charge in [-0.3, -0.25) is 0 Å². The lowest BCUT2D eigenvalue weighted by Gasteiger charge is -2.11. The Bertz CT molecular complexity index is 1040. The summed E-state index contributed by atoms with van der Waals surface area (Å²) in [6, 6.07) is 31.2.